The number of pyridine rings is 1. The summed E-state index contributed by atoms with van der Waals surface area (Å²) in [6.45, 7) is 5.81. The summed E-state index contributed by atoms with van der Waals surface area (Å²) >= 11 is 2.90. The number of hydrogen-bond acceptors (Lipinski definition) is 7. The number of nitrogens with zero attached hydrogens (tertiary/aromatic N) is 3. The topological polar surface area (TPSA) is 101 Å². The van der Waals surface area contributed by atoms with E-state index in [0.29, 0.717) is 18.2 Å². The molecule has 30 heavy (non-hydrogen) atoms. The van der Waals surface area contributed by atoms with Crippen molar-refractivity contribution in [2.75, 3.05) is 18.4 Å². The first-order valence-electron chi connectivity index (χ1n) is 9.27. The molecule has 0 fully saturated rings. The van der Waals surface area contributed by atoms with Crippen LogP contribution in [0.3, 0.4) is 0 Å². The number of carbonyl (C=O) groups excluding carboxylic acids is 1. The molecule has 1 amide bonds. The summed E-state index contributed by atoms with van der Waals surface area (Å²) in [4.78, 5) is 31.1. The predicted molar refractivity (Wildman–Crippen MR) is 120 cm³/mol. The molecule has 0 radical (unpaired) electrons. The number of nitrogens with one attached hydrogen (secondary N) is 1. The van der Waals surface area contributed by atoms with Crippen molar-refractivity contribution < 1.29 is 13.2 Å². The number of rotatable bonds is 8. The number of hydrogen-bond donors (Lipinski definition) is 1. The van der Waals surface area contributed by atoms with Gasteiger partial charge in [0.2, 0.25) is 15.9 Å². The fourth-order valence-corrected chi connectivity index (χ4v) is 5.94. The molecule has 3 aromatic rings. The number of thiophene rings is 1. The van der Waals surface area contributed by atoms with Crippen molar-refractivity contribution in [3.05, 3.63) is 51.1 Å². The molecule has 0 aromatic carbocycles. The third-order valence-electron chi connectivity index (χ3n) is 4.36. The van der Waals surface area contributed by atoms with Gasteiger partial charge in [0.15, 0.2) is 5.13 Å². The Balaban J connectivity index is 1.76. The van der Waals surface area contributed by atoms with Gasteiger partial charge in [0.25, 0.3) is 5.56 Å². The van der Waals surface area contributed by atoms with Gasteiger partial charge in [-0.2, -0.15) is 4.31 Å². The molecule has 0 spiro atoms. The zero-order valence-corrected chi connectivity index (χ0v) is 19.2. The van der Waals surface area contributed by atoms with Crippen LogP contribution in [0.4, 0.5) is 5.13 Å². The average molecular weight is 467 g/mol. The lowest BCUT2D eigenvalue weighted by Gasteiger charge is -2.18. The molecule has 160 valence electrons. The van der Waals surface area contributed by atoms with E-state index in [-0.39, 0.29) is 11.4 Å². The van der Waals surface area contributed by atoms with Gasteiger partial charge >= 0.3 is 0 Å². The van der Waals surface area contributed by atoms with Crippen molar-refractivity contribution in [3.8, 4) is 10.6 Å². The first kappa shape index (κ1) is 22.3. The second-order valence-electron chi connectivity index (χ2n) is 6.42. The monoisotopic (exact) mass is 466 g/mol. The molecule has 3 heterocycles. The Labute approximate surface area is 182 Å². The summed E-state index contributed by atoms with van der Waals surface area (Å²) in [6.07, 6.45) is 1.21. The van der Waals surface area contributed by atoms with Gasteiger partial charge in [-0.15, -0.1) is 22.7 Å². The molecule has 8 nitrogen and oxygen atoms in total. The van der Waals surface area contributed by atoms with Crippen LogP contribution in [0.15, 0.2) is 45.5 Å². The Bertz CT molecular complexity index is 1210. The molecule has 0 aliphatic rings. The number of thiazole rings is 1. The number of aromatic nitrogens is 2. The zero-order chi connectivity index (χ0) is 21.9. The van der Waals surface area contributed by atoms with Crippen molar-refractivity contribution in [3.63, 3.8) is 0 Å². The Morgan fingerprint density at radius 1 is 1.20 bits per heavy atom. The lowest BCUT2D eigenvalue weighted by Crippen LogP contribution is -2.33. The van der Waals surface area contributed by atoms with Crippen molar-refractivity contribution in [2.24, 2.45) is 0 Å². The van der Waals surface area contributed by atoms with E-state index in [0.717, 1.165) is 21.2 Å². The number of anilines is 1. The van der Waals surface area contributed by atoms with Gasteiger partial charge in [-0.3, -0.25) is 9.59 Å². The van der Waals surface area contributed by atoms with E-state index in [2.05, 4.69) is 10.3 Å². The van der Waals surface area contributed by atoms with E-state index in [9.17, 15) is 18.0 Å². The molecule has 0 unspecified atom stereocenters. The van der Waals surface area contributed by atoms with E-state index < -0.39 is 21.5 Å². The maximum atomic E-state index is 12.7. The molecule has 11 heteroatoms. The smallest absolute Gasteiger partial charge is 0.251 e. The average Bonchev–Trinajstić information content (AvgIpc) is 3.33. The molecule has 0 bridgehead atoms. The fraction of sp³-hybridized carbons (Fsp3) is 0.316. The molecular weight excluding hydrogens is 444 g/mol. The summed E-state index contributed by atoms with van der Waals surface area (Å²) in [5.74, 6) is -0.460. The van der Waals surface area contributed by atoms with Gasteiger partial charge in [-0.1, -0.05) is 13.8 Å². The molecule has 0 saturated carbocycles. The maximum absolute atomic E-state index is 12.7. The summed E-state index contributed by atoms with van der Waals surface area (Å²) in [5.41, 5.74) is 0.315. The molecular formula is C19H22N4O4S3. The lowest BCUT2D eigenvalue weighted by atomic mass is 10.4. The number of carbonyl (C=O) groups is 1. The third-order valence-corrected chi connectivity index (χ3v) is 8.17. The molecule has 1 N–H and O–H groups in total. The highest BCUT2D eigenvalue weighted by Gasteiger charge is 2.22. The van der Waals surface area contributed by atoms with Crippen LogP contribution in [-0.2, 0) is 21.4 Å². The van der Waals surface area contributed by atoms with Crippen molar-refractivity contribution in [1.29, 1.82) is 0 Å². The van der Waals surface area contributed by atoms with Crippen LogP contribution < -0.4 is 10.9 Å². The highest BCUT2D eigenvalue weighted by atomic mass is 32.2. The van der Waals surface area contributed by atoms with Crippen LogP contribution in [0.1, 0.15) is 18.7 Å². The minimum atomic E-state index is -3.73. The van der Waals surface area contributed by atoms with Crippen LogP contribution in [0.5, 0.6) is 0 Å². The summed E-state index contributed by atoms with van der Waals surface area (Å²) in [7, 11) is -3.73. The minimum absolute atomic E-state index is 0.0248. The maximum Gasteiger partial charge on any atom is 0.251 e. The third kappa shape index (κ3) is 4.86. The van der Waals surface area contributed by atoms with E-state index in [1.807, 2.05) is 24.4 Å². The van der Waals surface area contributed by atoms with E-state index >= 15 is 0 Å². The summed E-state index contributed by atoms with van der Waals surface area (Å²) < 4.78 is 27.7. The number of aryl methyl sites for hydroxylation is 1. The van der Waals surface area contributed by atoms with E-state index in [4.69, 9.17) is 0 Å². The molecule has 3 rings (SSSR count). The highest BCUT2D eigenvalue weighted by Crippen LogP contribution is 2.30. The predicted octanol–water partition coefficient (Wildman–Crippen LogP) is 3.01. The fourth-order valence-electron chi connectivity index (χ4n) is 2.83. The molecule has 0 aliphatic carbocycles. The van der Waals surface area contributed by atoms with Crippen LogP contribution in [0.2, 0.25) is 0 Å². The van der Waals surface area contributed by atoms with Gasteiger partial charge in [0, 0.05) is 35.6 Å². The van der Waals surface area contributed by atoms with Crippen LogP contribution in [0, 0.1) is 6.92 Å². The Hall–Kier alpha value is -2.34. The second-order valence-corrected chi connectivity index (χ2v) is 10.5. The highest BCUT2D eigenvalue weighted by molar-refractivity contribution is 7.89. The zero-order valence-electron chi connectivity index (χ0n) is 16.8. The van der Waals surface area contributed by atoms with Gasteiger partial charge in [-0.25, -0.2) is 13.4 Å². The van der Waals surface area contributed by atoms with Gasteiger partial charge in [0.05, 0.1) is 15.5 Å². The standard InChI is InChI=1S/C19H22N4O4S3/c1-4-23(5-2)30(26,27)14-7-9-18(25)22(10-14)11-17(24)21-19-20-15(12-28-19)16-8-6-13(3)29-16/h6-10,12H,4-5,11H2,1-3H3,(H,20,21,24). The normalized spacial score (nSPS) is 11.7. The van der Waals surface area contributed by atoms with Crippen molar-refractivity contribution in [2.45, 2.75) is 32.2 Å². The molecule has 0 aliphatic heterocycles. The first-order valence-corrected chi connectivity index (χ1v) is 12.4. The Kier molecular flexibility index (Phi) is 6.86. The van der Waals surface area contributed by atoms with E-state index in [1.165, 1.54) is 32.8 Å². The van der Waals surface area contributed by atoms with Crippen molar-refractivity contribution in [1.82, 2.24) is 13.9 Å². The first-order chi connectivity index (χ1) is 14.2. The molecule has 0 saturated heterocycles. The summed E-state index contributed by atoms with van der Waals surface area (Å²) in [5, 5.41) is 4.94. The number of sulfonamides is 1. The number of amides is 1. The largest absolute Gasteiger partial charge is 0.305 e. The summed E-state index contributed by atoms with van der Waals surface area (Å²) in [6, 6.07) is 6.40. The van der Waals surface area contributed by atoms with Gasteiger partial charge in [0.1, 0.15) is 6.54 Å². The Morgan fingerprint density at radius 3 is 2.57 bits per heavy atom. The minimum Gasteiger partial charge on any atom is -0.305 e. The second kappa shape index (κ2) is 9.21. The van der Waals surface area contributed by atoms with Gasteiger partial charge in [-0.05, 0) is 25.1 Å². The van der Waals surface area contributed by atoms with Gasteiger partial charge < -0.3 is 9.88 Å². The Morgan fingerprint density at radius 2 is 1.93 bits per heavy atom. The SMILES string of the molecule is CCN(CC)S(=O)(=O)c1ccc(=O)n(CC(=O)Nc2nc(-c3ccc(C)s3)cs2)c1. The molecule has 0 atom stereocenters. The lowest BCUT2D eigenvalue weighted by molar-refractivity contribution is -0.116. The quantitative estimate of drug-likeness (QED) is 0.550. The van der Waals surface area contributed by atoms with Crippen LogP contribution in [0.25, 0.3) is 10.6 Å². The van der Waals surface area contributed by atoms with Crippen LogP contribution >= 0.6 is 22.7 Å². The van der Waals surface area contributed by atoms with E-state index in [1.54, 1.807) is 25.2 Å². The van der Waals surface area contributed by atoms with Crippen LogP contribution in [-0.4, -0.2) is 41.3 Å². The molecule has 3 aromatic heterocycles. The van der Waals surface area contributed by atoms with Crippen molar-refractivity contribution >= 4 is 43.7 Å².